The van der Waals surface area contributed by atoms with Crippen LogP contribution in [0, 0.1) is 0 Å². The van der Waals surface area contributed by atoms with Gasteiger partial charge >= 0.3 is 7.82 Å². The van der Waals surface area contributed by atoms with Crippen LogP contribution in [0.5, 0.6) is 0 Å². The van der Waals surface area contributed by atoms with E-state index in [-0.39, 0.29) is 6.61 Å². The molecule has 0 saturated heterocycles. The second-order valence-electron chi connectivity index (χ2n) is 8.33. The van der Waals surface area contributed by atoms with E-state index in [4.69, 9.17) is 9.05 Å². The lowest BCUT2D eigenvalue weighted by molar-refractivity contribution is 0.143. The van der Waals surface area contributed by atoms with E-state index >= 15 is 0 Å². The Morgan fingerprint density at radius 3 is 2.00 bits per heavy atom. The maximum atomic E-state index is 11.7. The SMILES string of the molecule is CN(C)CCCOP(=O)(O)OCCCCCCCCCCC=C1CCCCC1. The van der Waals surface area contributed by atoms with Crippen LogP contribution in [0.1, 0.15) is 96.3 Å². The lowest BCUT2D eigenvalue weighted by Gasteiger charge is -2.13. The average molecular weight is 418 g/mol. The summed E-state index contributed by atoms with van der Waals surface area (Å²) in [5, 5.41) is 0. The predicted molar refractivity (Wildman–Crippen MR) is 118 cm³/mol. The largest absolute Gasteiger partial charge is 0.472 e. The zero-order valence-corrected chi connectivity index (χ0v) is 19.3. The van der Waals surface area contributed by atoms with Crippen LogP contribution in [0.2, 0.25) is 0 Å². The van der Waals surface area contributed by atoms with E-state index in [0.29, 0.717) is 6.61 Å². The highest BCUT2D eigenvalue weighted by Crippen LogP contribution is 2.43. The lowest BCUT2D eigenvalue weighted by Crippen LogP contribution is -2.14. The van der Waals surface area contributed by atoms with Gasteiger partial charge in [-0.15, -0.1) is 0 Å². The number of phosphoric acid groups is 1. The summed E-state index contributed by atoms with van der Waals surface area (Å²) in [5.74, 6) is 0. The van der Waals surface area contributed by atoms with Gasteiger partial charge in [-0.25, -0.2) is 4.57 Å². The molecule has 166 valence electrons. The Morgan fingerprint density at radius 1 is 0.857 bits per heavy atom. The van der Waals surface area contributed by atoms with Gasteiger partial charge < -0.3 is 9.79 Å². The summed E-state index contributed by atoms with van der Waals surface area (Å²) in [6.45, 7) is 1.39. The third-order valence-corrected chi connectivity index (χ3v) is 6.30. The number of allylic oxidation sites excluding steroid dienone is 2. The van der Waals surface area contributed by atoms with Crippen LogP contribution in [0.4, 0.5) is 0 Å². The quantitative estimate of drug-likeness (QED) is 0.167. The summed E-state index contributed by atoms with van der Waals surface area (Å²) in [6, 6.07) is 0. The molecule has 0 spiro atoms. The van der Waals surface area contributed by atoms with E-state index in [0.717, 1.165) is 25.8 Å². The minimum absolute atomic E-state index is 0.253. The maximum Gasteiger partial charge on any atom is 0.472 e. The van der Waals surface area contributed by atoms with E-state index in [1.807, 2.05) is 19.0 Å². The molecular formula is C22H44NO4P. The molecular weight excluding hydrogens is 373 g/mol. The lowest BCUT2D eigenvalue weighted by atomic mass is 9.94. The second-order valence-corrected chi connectivity index (χ2v) is 9.79. The number of rotatable bonds is 17. The first-order valence-electron chi connectivity index (χ1n) is 11.4. The Kier molecular flexibility index (Phi) is 15.3. The van der Waals surface area contributed by atoms with Crippen molar-refractivity contribution in [1.29, 1.82) is 0 Å². The molecule has 0 aromatic heterocycles. The van der Waals surface area contributed by atoms with Gasteiger partial charge in [0.2, 0.25) is 0 Å². The normalized spacial score (nSPS) is 17.1. The molecule has 1 saturated carbocycles. The van der Waals surface area contributed by atoms with Crippen LogP contribution < -0.4 is 0 Å². The summed E-state index contributed by atoms with van der Waals surface area (Å²) in [7, 11) is 0.0632. The Bertz CT molecular complexity index is 446. The number of hydrogen-bond donors (Lipinski definition) is 1. The maximum absolute atomic E-state index is 11.7. The minimum Gasteiger partial charge on any atom is -0.309 e. The van der Waals surface area contributed by atoms with Crippen molar-refractivity contribution in [2.24, 2.45) is 0 Å². The fraction of sp³-hybridized carbons (Fsp3) is 0.909. The van der Waals surface area contributed by atoms with E-state index in [1.54, 1.807) is 5.57 Å². The van der Waals surface area contributed by atoms with Gasteiger partial charge in [0.1, 0.15) is 0 Å². The van der Waals surface area contributed by atoms with Gasteiger partial charge in [0.05, 0.1) is 13.2 Å². The molecule has 0 bridgehead atoms. The molecule has 1 aliphatic rings. The van der Waals surface area contributed by atoms with E-state index in [9.17, 15) is 9.46 Å². The first kappa shape index (κ1) is 25.8. The molecule has 0 aromatic carbocycles. The third kappa shape index (κ3) is 15.7. The average Bonchev–Trinajstić information content (AvgIpc) is 2.67. The molecule has 1 unspecified atom stereocenters. The molecule has 0 heterocycles. The summed E-state index contributed by atoms with van der Waals surface area (Å²) >= 11 is 0. The van der Waals surface area contributed by atoms with Crippen molar-refractivity contribution < 1.29 is 18.5 Å². The fourth-order valence-corrected chi connectivity index (χ4v) is 4.40. The van der Waals surface area contributed by atoms with Crippen LogP contribution in [-0.4, -0.2) is 43.6 Å². The van der Waals surface area contributed by atoms with Gasteiger partial charge in [0.15, 0.2) is 0 Å². The van der Waals surface area contributed by atoms with Gasteiger partial charge in [-0.3, -0.25) is 9.05 Å². The van der Waals surface area contributed by atoms with Crippen molar-refractivity contribution in [3.05, 3.63) is 11.6 Å². The molecule has 6 heteroatoms. The Morgan fingerprint density at radius 2 is 1.39 bits per heavy atom. The molecule has 0 amide bonds. The van der Waals surface area contributed by atoms with Crippen molar-refractivity contribution in [2.45, 2.75) is 96.3 Å². The van der Waals surface area contributed by atoms with Crippen molar-refractivity contribution >= 4 is 7.82 Å². The molecule has 1 aliphatic carbocycles. The van der Waals surface area contributed by atoms with Crippen molar-refractivity contribution in [2.75, 3.05) is 33.9 Å². The molecule has 1 rings (SSSR count). The summed E-state index contributed by atoms with van der Waals surface area (Å²) in [6.07, 6.45) is 21.0. The first-order valence-corrected chi connectivity index (χ1v) is 12.9. The fourth-order valence-electron chi connectivity index (χ4n) is 3.60. The highest BCUT2D eigenvalue weighted by atomic mass is 31.2. The Hall–Kier alpha value is -0.190. The zero-order valence-electron chi connectivity index (χ0n) is 18.4. The Balaban J connectivity index is 1.83. The monoisotopic (exact) mass is 417 g/mol. The Labute approximate surface area is 173 Å². The molecule has 28 heavy (non-hydrogen) atoms. The number of phosphoric ester groups is 1. The van der Waals surface area contributed by atoms with Crippen LogP contribution in [0.3, 0.4) is 0 Å². The highest BCUT2D eigenvalue weighted by Gasteiger charge is 2.19. The van der Waals surface area contributed by atoms with Gasteiger partial charge in [-0.2, -0.15) is 0 Å². The summed E-state index contributed by atoms with van der Waals surface area (Å²) in [4.78, 5) is 11.6. The van der Waals surface area contributed by atoms with Crippen LogP contribution in [-0.2, 0) is 13.6 Å². The molecule has 1 fully saturated rings. The summed E-state index contributed by atoms with van der Waals surface area (Å²) < 4.78 is 21.7. The number of hydrogen-bond acceptors (Lipinski definition) is 4. The minimum atomic E-state index is -3.86. The third-order valence-electron chi connectivity index (χ3n) is 5.29. The standard InChI is InChI=1S/C22H44NO4P/c1-23(2)19-15-21-27-28(24,25)26-20-14-9-7-5-3-4-6-8-11-16-22-17-12-10-13-18-22/h16H,3-15,17-21H2,1-2H3,(H,24,25). The zero-order chi connectivity index (χ0) is 20.5. The molecule has 0 aromatic rings. The van der Waals surface area contributed by atoms with Gasteiger partial charge in [-0.05, 0) is 72.0 Å². The molecule has 1 N–H and O–H groups in total. The smallest absolute Gasteiger partial charge is 0.309 e. The van der Waals surface area contributed by atoms with Gasteiger partial charge in [0, 0.05) is 0 Å². The van der Waals surface area contributed by atoms with Crippen LogP contribution >= 0.6 is 7.82 Å². The molecule has 0 radical (unpaired) electrons. The van der Waals surface area contributed by atoms with Crippen molar-refractivity contribution in [3.8, 4) is 0 Å². The van der Waals surface area contributed by atoms with Gasteiger partial charge in [0.25, 0.3) is 0 Å². The van der Waals surface area contributed by atoms with E-state index < -0.39 is 7.82 Å². The van der Waals surface area contributed by atoms with Crippen LogP contribution in [0.15, 0.2) is 11.6 Å². The van der Waals surface area contributed by atoms with Crippen molar-refractivity contribution in [3.63, 3.8) is 0 Å². The summed E-state index contributed by atoms with van der Waals surface area (Å²) in [5.41, 5.74) is 1.71. The van der Waals surface area contributed by atoms with E-state index in [1.165, 1.54) is 77.0 Å². The second kappa shape index (κ2) is 16.6. The number of nitrogens with zero attached hydrogens (tertiary/aromatic N) is 1. The highest BCUT2D eigenvalue weighted by molar-refractivity contribution is 7.47. The topological polar surface area (TPSA) is 59.0 Å². The number of unbranched alkanes of at least 4 members (excludes halogenated alkanes) is 8. The van der Waals surface area contributed by atoms with Gasteiger partial charge in [-0.1, -0.05) is 56.6 Å². The van der Waals surface area contributed by atoms with Crippen LogP contribution in [0.25, 0.3) is 0 Å². The molecule has 1 atom stereocenters. The molecule has 0 aliphatic heterocycles. The predicted octanol–water partition coefficient (Wildman–Crippen LogP) is 6.47. The molecule has 5 nitrogen and oxygen atoms in total. The van der Waals surface area contributed by atoms with Crippen molar-refractivity contribution in [1.82, 2.24) is 4.90 Å². The van der Waals surface area contributed by atoms with E-state index in [2.05, 4.69) is 6.08 Å². The first-order chi connectivity index (χ1) is 13.5.